The van der Waals surface area contributed by atoms with E-state index in [-0.39, 0.29) is 18.2 Å². The van der Waals surface area contributed by atoms with Crippen molar-refractivity contribution in [3.05, 3.63) is 12.2 Å². The van der Waals surface area contributed by atoms with Gasteiger partial charge in [-0.15, -0.1) is 0 Å². The second-order valence-corrected chi connectivity index (χ2v) is 4.46. The summed E-state index contributed by atoms with van der Waals surface area (Å²) in [7, 11) is 0. The van der Waals surface area contributed by atoms with E-state index in [1.165, 1.54) is 5.71 Å². The molecule has 1 aliphatic rings. The van der Waals surface area contributed by atoms with E-state index >= 15 is 0 Å². The van der Waals surface area contributed by atoms with Crippen LogP contribution in [0.1, 0.15) is 34.6 Å². The molecule has 0 aromatic carbocycles. The van der Waals surface area contributed by atoms with E-state index in [0.29, 0.717) is 5.92 Å². The second kappa shape index (κ2) is 4.74. The maximum atomic E-state index is 5.74. The van der Waals surface area contributed by atoms with Crippen molar-refractivity contribution in [2.24, 2.45) is 10.9 Å². The Hall–Kier alpha value is -0.630. The largest absolute Gasteiger partial charge is 0.369 e. The minimum Gasteiger partial charge on any atom is -0.369 e. The average molecular weight is 195 g/mol. The Morgan fingerprint density at radius 2 is 1.93 bits per heavy atom. The highest BCUT2D eigenvalue weighted by atomic mass is 16.5. The molecule has 2 unspecified atom stereocenters. The van der Waals surface area contributed by atoms with Gasteiger partial charge in [-0.2, -0.15) is 0 Å². The van der Waals surface area contributed by atoms with E-state index < -0.39 is 0 Å². The van der Waals surface area contributed by atoms with Gasteiger partial charge in [-0.1, -0.05) is 19.9 Å². The summed E-state index contributed by atoms with van der Waals surface area (Å²) in [5.74, 6) is 0.508. The number of hydrogen-bond donors (Lipinski definition) is 0. The highest BCUT2D eigenvalue weighted by Gasteiger charge is 2.20. The molecular formula is C12H21NO. The Balaban J connectivity index is 2.61. The molecule has 80 valence electrons. The predicted octanol–water partition coefficient (Wildman–Crippen LogP) is 2.84. The van der Waals surface area contributed by atoms with E-state index in [1.54, 1.807) is 0 Å². The fourth-order valence-corrected chi connectivity index (χ4v) is 1.52. The molecule has 14 heavy (non-hydrogen) atoms. The predicted molar refractivity (Wildman–Crippen MR) is 60.9 cm³/mol. The summed E-state index contributed by atoms with van der Waals surface area (Å²) in [6.07, 6.45) is 4.64. The smallest absolute Gasteiger partial charge is 0.0983 e. The third kappa shape index (κ3) is 2.95. The van der Waals surface area contributed by atoms with Crippen LogP contribution in [0.4, 0.5) is 0 Å². The number of rotatable bonds is 3. The molecule has 0 N–H and O–H groups in total. The monoisotopic (exact) mass is 195 g/mol. The first-order valence-electron chi connectivity index (χ1n) is 5.42. The number of dihydropyridines is 1. The molecule has 0 saturated carbocycles. The number of ether oxygens (including phenoxy) is 1. The lowest BCUT2D eigenvalue weighted by Crippen LogP contribution is -2.30. The topological polar surface area (TPSA) is 21.6 Å². The zero-order valence-electron chi connectivity index (χ0n) is 9.82. The van der Waals surface area contributed by atoms with Crippen molar-refractivity contribution in [1.82, 2.24) is 0 Å². The summed E-state index contributed by atoms with van der Waals surface area (Å²) in [5, 5.41) is 0. The van der Waals surface area contributed by atoms with Gasteiger partial charge in [0.15, 0.2) is 0 Å². The van der Waals surface area contributed by atoms with Crippen molar-refractivity contribution < 1.29 is 4.74 Å². The molecule has 0 bridgehead atoms. The minimum absolute atomic E-state index is 0.150. The van der Waals surface area contributed by atoms with Gasteiger partial charge in [0, 0.05) is 5.71 Å². The molecule has 1 aliphatic heterocycles. The highest BCUT2D eigenvalue weighted by molar-refractivity contribution is 5.97. The molecule has 0 fully saturated rings. The zero-order chi connectivity index (χ0) is 10.7. The number of nitrogens with zero attached hydrogens (tertiary/aromatic N) is 1. The van der Waals surface area contributed by atoms with Gasteiger partial charge >= 0.3 is 0 Å². The lowest BCUT2D eigenvalue weighted by Gasteiger charge is -2.25. The highest BCUT2D eigenvalue weighted by Crippen LogP contribution is 2.16. The van der Waals surface area contributed by atoms with E-state index in [1.807, 2.05) is 0 Å². The van der Waals surface area contributed by atoms with Crippen LogP contribution in [0.3, 0.4) is 0 Å². The van der Waals surface area contributed by atoms with Crippen LogP contribution in [0.15, 0.2) is 17.1 Å². The molecule has 0 saturated heterocycles. The molecular weight excluding hydrogens is 174 g/mol. The van der Waals surface area contributed by atoms with Crippen LogP contribution >= 0.6 is 0 Å². The number of allylic oxidation sites excluding steroid dienone is 1. The third-order valence-corrected chi connectivity index (χ3v) is 2.31. The Labute approximate surface area is 87.1 Å². The van der Waals surface area contributed by atoms with Gasteiger partial charge in [0.1, 0.15) is 0 Å². The summed E-state index contributed by atoms with van der Waals surface area (Å²) in [4.78, 5) is 4.62. The zero-order valence-corrected chi connectivity index (χ0v) is 9.82. The Morgan fingerprint density at radius 1 is 1.29 bits per heavy atom. The first-order valence-corrected chi connectivity index (χ1v) is 5.42. The summed E-state index contributed by atoms with van der Waals surface area (Å²) in [5.41, 5.74) is 1.18. The molecule has 0 aliphatic carbocycles. The molecule has 0 amide bonds. The van der Waals surface area contributed by atoms with Gasteiger partial charge in [-0.3, -0.25) is 4.99 Å². The third-order valence-electron chi connectivity index (χ3n) is 2.31. The average Bonchev–Trinajstić information content (AvgIpc) is 2.07. The van der Waals surface area contributed by atoms with Crippen molar-refractivity contribution in [2.45, 2.75) is 52.9 Å². The molecule has 2 atom stereocenters. The van der Waals surface area contributed by atoms with Gasteiger partial charge in [0.05, 0.1) is 18.2 Å². The van der Waals surface area contributed by atoms with Crippen LogP contribution in [0, 0.1) is 5.92 Å². The van der Waals surface area contributed by atoms with Gasteiger partial charge in [0.2, 0.25) is 0 Å². The van der Waals surface area contributed by atoms with Gasteiger partial charge in [-0.25, -0.2) is 0 Å². The SMILES string of the molecule is CC(C)OC1C=CC(C(C)C)=NC1C. The van der Waals surface area contributed by atoms with Crippen molar-refractivity contribution in [2.75, 3.05) is 0 Å². The molecule has 0 aromatic heterocycles. The molecule has 1 rings (SSSR count). The van der Waals surface area contributed by atoms with Crippen molar-refractivity contribution in [3.8, 4) is 0 Å². The second-order valence-electron chi connectivity index (χ2n) is 4.46. The van der Waals surface area contributed by atoms with E-state index in [0.717, 1.165) is 0 Å². The van der Waals surface area contributed by atoms with Crippen molar-refractivity contribution >= 4 is 5.71 Å². The molecule has 0 aromatic rings. The number of aliphatic imine (C=N–C) groups is 1. The molecule has 2 heteroatoms. The summed E-state index contributed by atoms with van der Waals surface area (Å²) < 4.78 is 5.74. The lowest BCUT2D eigenvalue weighted by molar-refractivity contribution is 0.0243. The summed E-state index contributed by atoms with van der Waals surface area (Å²) in [6, 6.07) is 0.250. The van der Waals surface area contributed by atoms with Crippen LogP contribution in [0.25, 0.3) is 0 Å². The van der Waals surface area contributed by atoms with Gasteiger partial charge in [0.25, 0.3) is 0 Å². The van der Waals surface area contributed by atoms with Gasteiger partial charge < -0.3 is 4.74 Å². The maximum Gasteiger partial charge on any atom is 0.0983 e. The van der Waals surface area contributed by atoms with E-state index in [4.69, 9.17) is 4.74 Å². The normalized spacial score (nSPS) is 27.2. The minimum atomic E-state index is 0.150. The molecule has 1 heterocycles. The quantitative estimate of drug-likeness (QED) is 0.678. The summed E-state index contributed by atoms with van der Waals surface area (Å²) >= 11 is 0. The summed E-state index contributed by atoms with van der Waals surface area (Å²) in [6.45, 7) is 10.6. The first-order chi connectivity index (χ1) is 6.50. The van der Waals surface area contributed by atoms with Crippen LogP contribution in [-0.4, -0.2) is 24.0 Å². The number of hydrogen-bond acceptors (Lipinski definition) is 2. The van der Waals surface area contributed by atoms with Crippen molar-refractivity contribution in [3.63, 3.8) is 0 Å². The fraction of sp³-hybridized carbons (Fsp3) is 0.750. The lowest BCUT2D eigenvalue weighted by atomic mass is 10.0. The standard InChI is InChI=1S/C12H21NO/c1-8(2)11-6-7-12(10(5)13-11)14-9(3)4/h6-10,12H,1-5H3. The molecule has 0 spiro atoms. The van der Waals surface area contributed by atoms with Crippen LogP contribution in [-0.2, 0) is 4.74 Å². The van der Waals surface area contributed by atoms with E-state index in [9.17, 15) is 0 Å². The van der Waals surface area contributed by atoms with Crippen molar-refractivity contribution in [1.29, 1.82) is 0 Å². The van der Waals surface area contributed by atoms with E-state index in [2.05, 4.69) is 51.8 Å². The molecule has 2 nitrogen and oxygen atoms in total. The van der Waals surface area contributed by atoms with Crippen LogP contribution < -0.4 is 0 Å². The first kappa shape index (κ1) is 11.4. The van der Waals surface area contributed by atoms with Crippen LogP contribution in [0.2, 0.25) is 0 Å². The maximum absolute atomic E-state index is 5.74. The Morgan fingerprint density at radius 3 is 2.36 bits per heavy atom. The fourth-order valence-electron chi connectivity index (χ4n) is 1.52. The van der Waals surface area contributed by atoms with Crippen LogP contribution in [0.5, 0.6) is 0 Å². The Bertz CT molecular complexity index is 241. The molecule has 0 radical (unpaired) electrons. The van der Waals surface area contributed by atoms with Gasteiger partial charge in [-0.05, 0) is 32.8 Å². The Kier molecular flexibility index (Phi) is 3.87.